The Morgan fingerprint density at radius 3 is 2.83 bits per heavy atom. The van der Waals surface area contributed by atoms with Gasteiger partial charge in [-0.25, -0.2) is 9.97 Å². The fourth-order valence-corrected chi connectivity index (χ4v) is 1.99. The van der Waals surface area contributed by atoms with Crippen molar-refractivity contribution in [3.8, 4) is 0 Å². The molecule has 1 N–H and O–H groups in total. The van der Waals surface area contributed by atoms with E-state index in [2.05, 4.69) is 20.2 Å². The van der Waals surface area contributed by atoms with E-state index in [1.165, 1.54) is 19.2 Å². The minimum absolute atomic E-state index is 0.118. The molecule has 2 rings (SSSR count). The smallest absolute Gasteiger partial charge is 0.270 e. The van der Waals surface area contributed by atoms with Gasteiger partial charge in [0.25, 0.3) is 5.91 Å². The van der Waals surface area contributed by atoms with Crippen molar-refractivity contribution in [2.24, 2.45) is 0 Å². The molecule has 2 heterocycles. The summed E-state index contributed by atoms with van der Waals surface area (Å²) in [6, 6.07) is 1.95. The van der Waals surface area contributed by atoms with Crippen molar-refractivity contribution in [3.05, 3.63) is 18.1 Å². The van der Waals surface area contributed by atoms with Crippen molar-refractivity contribution in [2.75, 3.05) is 18.0 Å². The second-order valence-corrected chi connectivity index (χ2v) is 4.74. The molecular weight excluding hydrogens is 228 g/mol. The summed E-state index contributed by atoms with van der Waals surface area (Å²) in [6.45, 7) is 6.06. The van der Waals surface area contributed by atoms with Crippen molar-refractivity contribution in [3.63, 3.8) is 0 Å². The van der Waals surface area contributed by atoms with Crippen LogP contribution in [0.2, 0.25) is 0 Å². The summed E-state index contributed by atoms with van der Waals surface area (Å²) in [4.78, 5) is 22.4. The lowest BCUT2D eigenvalue weighted by Crippen LogP contribution is -2.32. The highest BCUT2D eigenvalue weighted by Gasteiger charge is 2.16. The van der Waals surface area contributed by atoms with Gasteiger partial charge in [0.1, 0.15) is 17.8 Å². The van der Waals surface area contributed by atoms with Crippen LogP contribution in [0.3, 0.4) is 0 Å². The molecule has 1 aromatic rings. The van der Waals surface area contributed by atoms with E-state index >= 15 is 0 Å². The molecule has 5 nitrogen and oxygen atoms in total. The van der Waals surface area contributed by atoms with Crippen molar-refractivity contribution >= 4 is 11.7 Å². The Morgan fingerprint density at radius 1 is 1.44 bits per heavy atom. The molecule has 18 heavy (non-hydrogen) atoms. The number of carbonyl (C=O) groups is 1. The first-order valence-corrected chi connectivity index (χ1v) is 6.58. The van der Waals surface area contributed by atoms with Crippen molar-refractivity contribution in [2.45, 2.75) is 39.2 Å². The van der Waals surface area contributed by atoms with Crippen LogP contribution >= 0.6 is 0 Å². The molecule has 1 aliphatic heterocycles. The number of nitrogens with zero attached hydrogens (tertiary/aromatic N) is 3. The van der Waals surface area contributed by atoms with E-state index in [1.807, 2.05) is 13.8 Å². The monoisotopic (exact) mass is 248 g/mol. The SMILES string of the molecule is CCC(C)NC(=O)c1cc(N2CCCC2)ncn1. The largest absolute Gasteiger partial charge is 0.357 e. The maximum absolute atomic E-state index is 12.0. The van der Waals surface area contributed by atoms with Gasteiger partial charge in [-0.1, -0.05) is 6.92 Å². The number of anilines is 1. The molecule has 0 bridgehead atoms. The highest BCUT2D eigenvalue weighted by atomic mass is 16.1. The zero-order valence-electron chi connectivity index (χ0n) is 11.0. The van der Waals surface area contributed by atoms with E-state index in [-0.39, 0.29) is 11.9 Å². The molecule has 5 heteroatoms. The summed E-state index contributed by atoms with van der Waals surface area (Å²) >= 11 is 0. The Balaban J connectivity index is 2.08. The third-order valence-electron chi connectivity index (χ3n) is 3.31. The van der Waals surface area contributed by atoms with Crippen LogP contribution in [-0.2, 0) is 0 Å². The van der Waals surface area contributed by atoms with Crippen LogP contribution in [-0.4, -0.2) is 35.0 Å². The van der Waals surface area contributed by atoms with Crippen molar-refractivity contribution in [1.29, 1.82) is 0 Å². The molecule has 1 amide bonds. The minimum atomic E-state index is -0.118. The van der Waals surface area contributed by atoms with E-state index in [0.717, 1.165) is 25.3 Å². The lowest BCUT2D eigenvalue weighted by atomic mass is 10.2. The summed E-state index contributed by atoms with van der Waals surface area (Å²) in [5.74, 6) is 0.740. The minimum Gasteiger partial charge on any atom is -0.357 e. The molecule has 1 atom stereocenters. The van der Waals surface area contributed by atoms with Crippen LogP contribution in [0.1, 0.15) is 43.6 Å². The van der Waals surface area contributed by atoms with Gasteiger partial charge in [0.15, 0.2) is 0 Å². The normalized spacial score (nSPS) is 16.7. The van der Waals surface area contributed by atoms with Gasteiger partial charge < -0.3 is 10.2 Å². The van der Waals surface area contributed by atoms with Crippen LogP contribution in [0.25, 0.3) is 0 Å². The number of hydrogen-bond acceptors (Lipinski definition) is 4. The molecule has 1 aromatic heterocycles. The van der Waals surface area contributed by atoms with Gasteiger partial charge in [-0.05, 0) is 26.2 Å². The molecule has 98 valence electrons. The van der Waals surface area contributed by atoms with Crippen LogP contribution in [0, 0.1) is 0 Å². The van der Waals surface area contributed by atoms with Gasteiger partial charge in [0.05, 0.1) is 0 Å². The number of rotatable bonds is 4. The van der Waals surface area contributed by atoms with E-state index in [1.54, 1.807) is 6.07 Å². The number of amides is 1. The molecule has 1 fully saturated rings. The van der Waals surface area contributed by atoms with Gasteiger partial charge in [0.2, 0.25) is 0 Å². The first kappa shape index (κ1) is 12.8. The molecule has 0 radical (unpaired) electrons. The topological polar surface area (TPSA) is 58.1 Å². The second-order valence-electron chi connectivity index (χ2n) is 4.74. The van der Waals surface area contributed by atoms with Crippen LogP contribution < -0.4 is 10.2 Å². The Bertz CT molecular complexity index is 415. The average molecular weight is 248 g/mol. The van der Waals surface area contributed by atoms with Gasteiger partial charge in [-0.2, -0.15) is 0 Å². The predicted molar refractivity (Wildman–Crippen MR) is 70.7 cm³/mol. The standard InChI is InChI=1S/C13H20N4O/c1-3-10(2)16-13(18)11-8-12(15-9-14-11)17-6-4-5-7-17/h8-10H,3-7H2,1-2H3,(H,16,18). The molecule has 1 aliphatic rings. The molecule has 0 spiro atoms. The number of aromatic nitrogens is 2. The average Bonchev–Trinajstić information content (AvgIpc) is 2.92. The number of carbonyl (C=O) groups excluding carboxylic acids is 1. The Morgan fingerprint density at radius 2 is 2.17 bits per heavy atom. The van der Waals surface area contributed by atoms with Crippen LogP contribution in [0.5, 0.6) is 0 Å². The predicted octanol–water partition coefficient (Wildman–Crippen LogP) is 1.61. The maximum Gasteiger partial charge on any atom is 0.270 e. The first-order valence-electron chi connectivity index (χ1n) is 6.58. The fourth-order valence-electron chi connectivity index (χ4n) is 1.99. The van der Waals surface area contributed by atoms with Crippen LogP contribution in [0.15, 0.2) is 12.4 Å². The summed E-state index contributed by atoms with van der Waals surface area (Å²) in [5.41, 5.74) is 0.451. The van der Waals surface area contributed by atoms with Gasteiger partial charge in [-0.15, -0.1) is 0 Å². The van der Waals surface area contributed by atoms with Gasteiger partial charge >= 0.3 is 0 Å². The summed E-state index contributed by atoms with van der Waals surface area (Å²) in [7, 11) is 0. The van der Waals surface area contributed by atoms with Crippen LogP contribution in [0.4, 0.5) is 5.82 Å². The number of nitrogens with one attached hydrogen (secondary N) is 1. The highest BCUT2D eigenvalue weighted by Crippen LogP contribution is 2.17. The molecule has 0 saturated carbocycles. The van der Waals surface area contributed by atoms with Crippen molar-refractivity contribution < 1.29 is 4.79 Å². The third-order valence-corrected chi connectivity index (χ3v) is 3.31. The zero-order valence-corrected chi connectivity index (χ0v) is 11.0. The quantitative estimate of drug-likeness (QED) is 0.879. The first-order chi connectivity index (χ1) is 8.70. The van der Waals surface area contributed by atoms with E-state index in [9.17, 15) is 4.79 Å². The van der Waals surface area contributed by atoms with E-state index < -0.39 is 0 Å². The lowest BCUT2D eigenvalue weighted by molar-refractivity contribution is 0.0934. The molecule has 0 aliphatic carbocycles. The van der Waals surface area contributed by atoms with E-state index in [0.29, 0.717) is 5.69 Å². The lowest BCUT2D eigenvalue weighted by Gasteiger charge is -2.16. The second kappa shape index (κ2) is 5.80. The zero-order chi connectivity index (χ0) is 13.0. The Labute approximate surface area is 108 Å². The Hall–Kier alpha value is -1.65. The number of hydrogen-bond donors (Lipinski definition) is 1. The highest BCUT2D eigenvalue weighted by molar-refractivity contribution is 5.93. The fraction of sp³-hybridized carbons (Fsp3) is 0.615. The molecule has 1 saturated heterocycles. The van der Waals surface area contributed by atoms with Gasteiger partial charge in [0, 0.05) is 25.2 Å². The Kier molecular flexibility index (Phi) is 4.12. The maximum atomic E-state index is 12.0. The van der Waals surface area contributed by atoms with E-state index in [4.69, 9.17) is 0 Å². The summed E-state index contributed by atoms with van der Waals surface area (Å²) in [5, 5.41) is 2.92. The van der Waals surface area contributed by atoms with Gasteiger partial charge in [-0.3, -0.25) is 4.79 Å². The molecule has 1 unspecified atom stereocenters. The van der Waals surface area contributed by atoms with Crippen molar-refractivity contribution in [1.82, 2.24) is 15.3 Å². The molecule has 0 aromatic carbocycles. The summed E-state index contributed by atoms with van der Waals surface area (Å²) < 4.78 is 0. The third kappa shape index (κ3) is 2.97. The summed E-state index contributed by atoms with van der Waals surface area (Å²) in [6.07, 6.45) is 4.77. The molecular formula is C13H20N4O.